The SMILES string of the molecule is CC(=O)Nc1ccc(-c2cccc(C#N)c2)cc1. The Labute approximate surface area is 106 Å². The summed E-state index contributed by atoms with van der Waals surface area (Å²) in [5.74, 6) is -0.0887. The highest BCUT2D eigenvalue weighted by Crippen LogP contribution is 2.22. The fraction of sp³-hybridized carbons (Fsp3) is 0.0667. The zero-order valence-electron chi connectivity index (χ0n) is 9.97. The van der Waals surface area contributed by atoms with Gasteiger partial charge < -0.3 is 5.32 Å². The Morgan fingerprint density at radius 1 is 1.11 bits per heavy atom. The lowest BCUT2D eigenvalue weighted by molar-refractivity contribution is -0.114. The highest BCUT2D eigenvalue weighted by atomic mass is 16.1. The molecular formula is C15H12N2O. The molecule has 0 unspecified atom stereocenters. The van der Waals surface area contributed by atoms with Crippen LogP contribution in [0.4, 0.5) is 5.69 Å². The molecule has 0 aliphatic heterocycles. The number of hydrogen-bond donors (Lipinski definition) is 1. The third-order valence-corrected chi connectivity index (χ3v) is 2.53. The Bertz CT molecular complexity index is 609. The van der Waals surface area contributed by atoms with Crippen molar-refractivity contribution in [2.45, 2.75) is 6.92 Å². The van der Waals surface area contributed by atoms with E-state index in [-0.39, 0.29) is 5.91 Å². The van der Waals surface area contributed by atoms with Gasteiger partial charge in [-0.2, -0.15) is 5.26 Å². The third-order valence-electron chi connectivity index (χ3n) is 2.53. The first-order valence-corrected chi connectivity index (χ1v) is 5.57. The van der Waals surface area contributed by atoms with Crippen LogP contribution < -0.4 is 5.32 Å². The molecule has 2 aromatic rings. The van der Waals surface area contributed by atoms with E-state index in [1.807, 2.05) is 42.5 Å². The molecule has 88 valence electrons. The first kappa shape index (κ1) is 11.9. The van der Waals surface area contributed by atoms with Crippen molar-refractivity contribution >= 4 is 11.6 Å². The number of rotatable bonds is 2. The Hall–Kier alpha value is -2.60. The van der Waals surface area contributed by atoms with E-state index in [4.69, 9.17) is 5.26 Å². The maximum Gasteiger partial charge on any atom is 0.221 e. The smallest absolute Gasteiger partial charge is 0.221 e. The van der Waals surface area contributed by atoms with Crippen LogP contribution in [0, 0.1) is 11.3 Å². The molecule has 0 bridgehead atoms. The molecule has 0 heterocycles. The van der Waals surface area contributed by atoms with Gasteiger partial charge in [0.15, 0.2) is 0 Å². The summed E-state index contributed by atoms with van der Waals surface area (Å²) in [4.78, 5) is 10.9. The summed E-state index contributed by atoms with van der Waals surface area (Å²) in [7, 11) is 0. The molecule has 1 N–H and O–H groups in total. The monoisotopic (exact) mass is 236 g/mol. The predicted molar refractivity (Wildman–Crippen MR) is 70.9 cm³/mol. The lowest BCUT2D eigenvalue weighted by Crippen LogP contribution is -2.05. The highest BCUT2D eigenvalue weighted by Gasteiger charge is 2.00. The van der Waals surface area contributed by atoms with E-state index < -0.39 is 0 Å². The van der Waals surface area contributed by atoms with Gasteiger partial charge in [-0.05, 0) is 35.4 Å². The van der Waals surface area contributed by atoms with E-state index in [1.165, 1.54) is 6.92 Å². The maximum absolute atomic E-state index is 10.9. The molecule has 0 saturated carbocycles. The van der Waals surface area contributed by atoms with Crippen molar-refractivity contribution in [1.82, 2.24) is 0 Å². The molecular weight excluding hydrogens is 224 g/mol. The Morgan fingerprint density at radius 2 is 1.83 bits per heavy atom. The molecule has 0 aromatic heterocycles. The molecule has 0 aliphatic rings. The number of nitrogens with one attached hydrogen (secondary N) is 1. The minimum Gasteiger partial charge on any atom is -0.326 e. The molecule has 2 aromatic carbocycles. The topological polar surface area (TPSA) is 52.9 Å². The minimum atomic E-state index is -0.0887. The summed E-state index contributed by atoms with van der Waals surface area (Å²) in [6, 6.07) is 17.1. The molecule has 0 radical (unpaired) electrons. The number of nitrogens with zero attached hydrogens (tertiary/aromatic N) is 1. The van der Waals surface area contributed by atoms with Crippen molar-refractivity contribution in [3.05, 3.63) is 54.1 Å². The number of hydrogen-bond acceptors (Lipinski definition) is 2. The summed E-state index contributed by atoms with van der Waals surface area (Å²) >= 11 is 0. The van der Waals surface area contributed by atoms with Crippen LogP contribution in [0.25, 0.3) is 11.1 Å². The van der Waals surface area contributed by atoms with Crippen LogP contribution in [0.5, 0.6) is 0 Å². The number of nitriles is 1. The zero-order valence-corrected chi connectivity index (χ0v) is 9.97. The van der Waals surface area contributed by atoms with Crippen molar-refractivity contribution in [3.8, 4) is 17.2 Å². The van der Waals surface area contributed by atoms with Crippen LogP contribution in [0.3, 0.4) is 0 Å². The molecule has 0 aliphatic carbocycles. The van der Waals surface area contributed by atoms with Crippen molar-refractivity contribution < 1.29 is 4.79 Å². The second-order valence-corrected chi connectivity index (χ2v) is 3.95. The Kier molecular flexibility index (Phi) is 3.40. The third kappa shape index (κ3) is 2.74. The first-order valence-electron chi connectivity index (χ1n) is 5.57. The van der Waals surface area contributed by atoms with Crippen molar-refractivity contribution in [1.29, 1.82) is 5.26 Å². The lowest BCUT2D eigenvalue weighted by atomic mass is 10.0. The Balaban J connectivity index is 2.29. The number of benzene rings is 2. The van der Waals surface area contributed by atoms with Gasteiger partial charge in [-0.25, -0.2) is 0 Å². The van der Waals surface area contributed by atoms with Gasteiger partial charge in [-0.3, -0.25) is 4.79 Å². The molecule has 18 heavy (non-hydrogen) atoms. The van der Waals surface area contributed by atoms with Crippen molar-refractivity contribution in [2.75, 3.05) is 5.32 Å². The van der Waals surface area contributed by atoms with Gasteiger partial charge >= 0.3 is 0 Å². The van der Waals surface area contributed by atoms with Crippen molar-refractivity contribution in [2.24, 2.45) is 0 Å². The first-order chi connectivity index (χ1) is 8.69. The number of carbonyl (C=O) groups is 1. The van der Waals surface area contributed by atoms with Gasteiger partial charge in [0, 0.05) is 12.6 Å². The fourth-order valence-corrected chi connectivity index (χ4v) is 1.72. The Morgan fingerprint density at radius 3 is 2.44 bits per heavy atom. The van der Waals surface area contributed by atoms with Crippen LogP contribution in [0.2, 0.25) is 0 Å². The average Bonchev–Trinajstić information content (AvgIpc) is 2.39. The zero-order chi connectivity index (χ0) is 13.0. The molecule has 0 spiro atoms. The fourth-order valence-electron chi connectivity index (χ4n) is 1.72. The van der Waals surface area contributed by atoms with Crippen molar-refractivity contribution in [3.63, 3.8) is 0 Å². The molecule has 0 fully saturated rings. The number of amides is 1. The number of anilines is 1. The molecule has 2 rings (SSSR count). The van der Waals surface area contributed by atoms with E-state index >= 15 is 0 Å². The van der Waals surface area contributed by atoms with Crippen LogP contribution in [-0.4, -0.2) is 5.91 Å². The second kappa shape index (κ2) is 5.15. The average molecular weight is 236 g/mol. The molecule has 1 amide bonds. The van der Waals surface area contributed by atoms with Gasteiger partial charge in [0.1, 0.15) is 0 Å². The van der Waals surface area contributed by atoms with Crippen LogP contribution >= 0.6 is 0 Å². The van der Waals surface area contributed by atoms with Gasteiger partial charge in [0.2, 0.25) is 5.91 Å². The van der Waals surface area contributed by atoms with E-state index in [9.17, 15) is 4.79 Å². The summed E-state index contributed by atoms with van der Waals surface area (Å²) in [6.07, 6.45) is 0. The van der Waals surface area contributed by atoms with Crippen LogP contribution in [0.15, 0.2) is 48.5 Å². The standard InChI is InChI=1S/C15H12N2O/c1-11(18)17-15-7-5-13(6-8-15)14-4-2-3-12(9-14)10-16/h2-9H,1H3,(H,17,18). The normalized spacial score (nSPS) is 9.56. The maximum atomic E-state index is 10.9. The van der Waals surface area contributed by atoms with Crippen LogP contribution in [-0.2, 0) is 4.79 Å². The summed E-state index contributed by atoms with van der Waals surface area (Å²) in [5, 5.41) is 11.6. The summed E-state index contributed by atoms with van der Waals surface area (Å²) < 4.78 is 0. The predicted octanol–water partition coefficient (Wildman–Crippen LogP) is 3.18. The van der Waals surface area contributed by atoms with E-state index in [2.05, 4.69) is 11.4 Å². The molecule has 0 atom stereocenters. The molecule has 3 heteroatoms. The summed E-state index contributed by atoms with van der Waals surface area (Å²) in [6.45, 7) is 1.48. The largest absolute Gasteiger partial charge is 0.326 e. The molecule has 3 nitrogen and oxygen atoms in total. The van der Waals surface area contributed by atoms with Crippen LogP contribution in [0.1, 0.15) is 12.5 Å². The minimum absolute atomic E-state index is 0.0887. The van der Waals surface area contributed by atoms with E-state index in [1.54, 1.807) is 6.07 Å². The van der Waals surface area contributed by atoms with E-state index in [0.717, 1.165) is 16.8 Å². The van der Waals surface area contributed by atoms with Gasteiger partial charge in [0.05, 0.1) is 11.6 Å². The summed E-state index contributed by atoms with van der Waals surface area (Å²) in [5.41, 5.74) is 3.41. The highest BCUT2D eigenvalue weighted by molar-refractivity contribution is 5.89. The quantitative estimate of drug-likeness (QED) is 0.870. The second-order valence-electron chi connectivity index (χ2n) is 3.95. The van der Waals surface area contributed by atoms with Gasteiger partial charge in [-0.15, -0.1) is 0 Å². The van der Waals surface area contributed by atoms with Gasteiger partial charge in [0.25, 0.3) is 0 Å². The van der Waals surface area contributed by atoms with E-state index in [0.29, 0.717) is 5.56 Å². The molecule has 0 saturated heterocycles. The lowest BCUT2D eigenvalue weighted by Gasteiger charge is -2.05. The van der Waals surface area contributed by atoms with Gasteiger partial charge in [-0.1, -0.05) is 24.3 Å². The number of carbonyl (C=O) groups excluding carboxylic acids is 1.